The summed E-state index contributed by atoms with van der Waals surface area (Å²) in [7, 11) is 0. The molecule has 0 amide bonds. The SMILES string of the molecule is CC(C)c1cc(C(C)C)[c]([Mg][Br])c(C(C)C)c1. The Hall–Kier alpha value is 0.466. The van der Waals surface area contributed by atoms with Crippen molar-refractivity contribution in [1.82, 2.24) is 0 Å². The number of benzene rings is 1. The molecule has 0 saturated carbocycles. The molecule has 0 aliphatic rings. The first-order valence-corrected chi connectivity index (χ1v) is 11.2. The lowest BCUT2D eigenvalue weighted by atomic mass is 9.89. The molecule has 0 radical (unpaired) electrons. The Bertz CT molecular complexity index is 352. The third-order valence-electron chi connectivity index (χ3n) is 3.39. The van der Waals surface area contributed by atoms with Crippen molar-refractivity contribution in [2.45, 2.75) is 59.3 Å². The third-order valence-corrected chi connectivity index (χ3v) is 6.15. The Morgan fingerprint density at radius 1 is 0.824 bits per heavy atom. The lowest BCUT2D eigenvalue weighted by Gasteiger charge is -2.22. The Morgan fingerprint density at radius 2 is 1.24 bits per heavy atom. The van der Waals surface area contributed by atoms with Crippen LogP contribution in [0.2, 0.25) is 0 Å². The van der Waals surface area contributed by atoms with Crippen molar-refractivity contribution in [3.63, 3.8) is 0 Å². The minimum Gasteiger partial charge on any atom is -0.296 e. The van der Waals surface area contributed by atoms with E-state index in [0.29, 0.717) is 17.8 Å². The van der Waals surface area contributed by atoms with E-state index >= 15 is 0 Å². The van der Waals surface area contributed by atoms with E-state index in [1.807, 2.05) is 0 Å². The van der Waals surface area contributed by atoms with E-state index < -0.39 is 0 Å². The van der Waals surface area contributed by atoms with Crippen LogP contribution in [-0.2, 0) is 0 Å². The standard InChI is InChI=1S/C15H23.BrH.Mg/c1-10(2)13-7-14(11(3)4)9-15(8-13)12(5)6;;/h7-8,10-12H,1-6H3;1H;/q;;+1/p-1. The van der Waals surface area contributed by atoms with E-state index in [1.54, 1.807) is 14.8 Å². The highest BCUT2D eigenvalue weighted by molar-refractivity contribution is 9.23. The fourth-order valence-corrected chi connectivity index (χ4v) is 5.53. The van der Waals surface area contributed by atoms with Gasteiger partial charge in [0.05, 0.1) is 0 Å². The molecule has 0 unspecified atom stereocenters. The number of hydrogen-bond donors (Lipinski definition) is 0. The van der Waals surface area contributed by atoms with Gasteiger partial charge in [-0.2, -0.15) is 0 Å². The molecule has 1 aromatic carbocycles. The second kappa shape index (κ2) is 6.58. The lowest BCUT2D eigenvalue weighted by Crippen LogP contribution is -2.23. The Morgan fingerprint density at radius 3 is 1.47 bits per heavy atom. The van der Waals surface area contributed by atoms with Crippen molar-refractivity contribution >= 4 is 34.8 Å². The maximum absolute atomic E-state index is 3.80. The van der Waals surface area contributed by atoms with Gasteiger partial charge in [0.25, 0.3) is 0 Å². The molecule has 0 nitrogen and oxygen atoms in total. The summed E-state index contributed by atoms with van der Waals surface area (Å²) in [6, 6.07) is 4.87. The Kier molecular flexibility index (Phi) is 6.01. The van der Waals surface area contributed by atoms with Gasteiger partial charge in [0, 0.05) is 0 Å². The molecule has 92 valence electrons. The van der Waals surface area contributed by atoms with Crippen LogP contribution in [0.1, 0.15) is 76.0 Å². The van der Waals surface area contributed by atoms with Crippen LogP contribution in [0.15, 0.2) is 12.1 Å². The molecule has 0 aliphatic carbocycles. The minimum absolute atomic E-state index is 0.280. The van der Waals surface area contributed by atoms with Crippen LogP contribution in [0.5, 0.6) is 0 Å². The normalized spacial score (nSPS) is 11.4. The first-order valence-electron chi connectivity index (χ1n) is 6.61. The average Bonchev–Trinajstić information content (AvgIpc) is 2.26. The lowest BCUT2D eigenvalue weighted by molar-refractivity contribution is 0.813. The highest BCUT2D eigenvalue weighted by atomic mass is 79.9. The first-order chi connectivity index (χ1) is 7.88. The molecule has 0 spiro atoms. The van der Waals surface area contributed by atoms with Crippen molar-refractivity contribution in [3.05, 3.63) is 28.8 Å². The fourth-order valence-electron chi connectivity index (χ4n) is 2.26. The van der Waals surface area contributed by atoms with E-state index in [-0.39, 0.29) is 18.2 Å². The summed E-state index contributed by atoms with van der Waals surface area (Å²) in [6.07, 6.45) is 0. The summed E-state index contributed by atoms with van der Waals surface area (Å²) in [4.78, 5) is 0. The summed E-state index contributed by atoms with van der Waals surface area (Å²) in [5.41, 5.74) is 4.64. The molecule has 2 heteroatoms. The highest BCUT2D eigenvalue weighted by Gasteiger charge is 2.16. The van der Waals surface area contributed by atoms with Gasteiger partial charge in [-0.1, -0.05) is 64.8 Å². The minimum atomic E-state index is -0.280. The van der Waals surface area contributed by atoms with Crippen molar-refractivity contribution in [2.75, 3.05) is 0 Å². The van der Waals surface area contributed by atoms with Gasteiger partial charge in [0.2, 0.25) is 0 Å². The Labute approximate surface area is 122 Å². The molecule has 0 fully saturated rings. The molecule has 0 saturated heterocycles. The van der Waals surface area contributed by atoms with E-state index in [0.717, 1.165) is 0 Å². The van der Waals surface area contributed by atoms with Crippen LogP contribution in [0.3, 0.4) is 0 Å². The summed E-state index contributed by atoms with van der Waals surface area (Å²) in [5.74, 6) is 1.88. The zero-order chi connectivity index (χ0) is 13.2. The molecular weight excluding hydrogens is 284 g/mol. The predicted octanol–water partition coefficient (Wildman–Crippen LogP) is 4.70. The first kappa shape index (κ1) is 15.5. The molecule has 1 aromatic rings. The zero-order valence-electron chi connectivity index (χ0n) is 12.0. The van der Waals surface area contributed by atoms with Crippen molar-refractivity contribution < 1.29 is 0 Å². The smallest absolute Gasteiger partial charge is 0.296 e. The van der Waals surface area contributed by atoms with Crippen LogP contribution in [0, 0.1) is 0 Å². The van der Waals surface area contributed by atoms with Gasteiger partial charge in [-0.15, -0.1) is 3.69 Å². The molecule has 17 heavy (non-hydrogen) atoms. The average molecular weight is 308 g/mol. The summed E-state index contributed by atoms with van der Waals surface area (Å²) >= 11 is 3.52. The molecule has 0 aromatic heterocycles. The molecule has 1 rings (SSSR count). The Balaban J connectivity index is 3.46. The molecule has 0 heterocycles. The van der Waals surface area contributed by atoms with Crippen LogP contribution < -0.4 is 3.69 Å². The van der Waals surface area contributed by atoms with Gasteiger partial charge >= 0.3 is 18.2 Å². The molecule has 0 bridgehead atoms. The van der Waals surface area contributed by atoms with Gasteiger partial charge in [-0.05, 0) is 23.3 Å². The highest BCUT2D eigenvalue weighted by Crippen LogP contribution is 2.25. The topological polar surface area (TPSA) is 0 Å². The largest absolute Gasteiger partial charge is 0.507 e. The van der Waals surface area contributed by atoms with E-state index in [9.17, 15) is 0 Å². The van der Waals surface area contributed by atoms with Crippen LogP contribution >= 0.6 is 12.9 Å². The van der Waals surface area contributed by atoms with E-state index in [4.69, 9.17) is 0 Å². The van der Waals surface area contributed by atoms with Crippen LogP contribution in [0.25, 0.3) is 0 Å². The fraction of sp³-hybridized carbons (Fsp3) is 0.600. The molecular formula is C15H23BrMg. The maximum Gasteiger partial charge on any atom is 0.507 e. The summed E-state index contributed by atoms with van der Waals surface area (Å²) in [5, 5.41) is 0. The number of rotatable bonds is 4. The second-order valence-electron chi connectivity index (χ2n) is 5.78. The van der Waals surface area contributed by atoms with E-state index in [2.05, 4.69) is 66.6 Å². The summed E-state index contributed by atoms with van der Waals surface area (Å²) < 4.78 is 1.64. The molecule has 0 aliphatic heterocycles. The number of hydrogen-bond acceptors (Lipinski definition) is 0. The van der Waals surface area contributed by atoms with Crippen molar-refractivity contribution in [1.29, 1.82) is 0 Å². The zero-order valence-corrected chi connectivity index (χ0v) is 15.0. The van der Waals surface area contributed by atoms with Gasteiger partial charge in [0.15, 0.2) is 0 Å². The second-order valence-corrected chi connectivity index (χ2v) is 8.43. The summed E-state index contributed by atoms with van der Waals surface area (Å²) in [6.45, 7) is 13.8. The predicted molar refractivity (Wildman–Crippen MR) is 83.0 cm³/mol. The monoisotopic (exact) mass is 306 g/mol. The van der Waals surface area contributed by atoms with Gasteiger partial charge in [-0.3, -0.25) is 12.9 Å². The third kappa shape index (κ3) is 3.71. The van der Waals surface area contributed by atoms with Gasteiger partial charge in [0.1, 0.15) is 0 Å². The van der Waals surface area contributed by atoms with Gasteiger partial charge < -0.3 is 0 Å². The van der Waals surface area contributed by atoms with Crippen LogP contribution in [-0.4, -0.2) is 18.2 Å². The molecule has 0 atom stereocenters. The maximum atomic E-state index is 3.80. The quantitative estimate of drug-likeness (QED) is 0.708. The number of halogens is 1. The van der Waals surface area contributed by atoms with E-state index in [1.165, 1.54) is 5.56 Å². The molecule has 0 N–H and O–H groups in total. The van der Waals surface area contributed by atoms with Crippen molar-refractivity contribution in [3.8, 4) is 0 Å². The van der Waals surface area contributed by atoms with Crippen molar-refractivity contribution in [2.24, 2.45) is 0 Å². The van der Waals surface area contributed by atoms with Gasteiger partial charge in [-0.25, -0.2) is 0 Å². The van der Waals surface area contributed by atoms with Crippen LogP contribution in [0.4, 0.5) is 0 Å².